The van der Waals surface area contributed by atoms with E-state index in [-0.39, 0.29) is 40.7 Å². The normalized spacial score (nSPS) is 16.4. The number of aromatic amines is 1. The van der Waals surface area contributed by atoms with Crippen LogP contribution in [-0.4, -0.2) is 33.1 Å². The van der Waals surface area contributed by atoms with E-state index >= 15 is 0 Å². The summed E-state index contributed by atoms with van der Waals surface area (Å²) in [5.74, 6) is -0.980. The van der Waals surface area contributed by atoms with Gasteiger partial charge in [0.25, 0.3) is 5.56 Å². The predicted molar refractivity (Wildman–Crippen MR) is 115 cm³/mol. The molecule has 0 spiro atoms. The Morgan fingerprint density at radius 2 is 1.93 bits per heavy atom. The van der Waals surface area contributed by atoms with Crippen LogP contribution < -0.4 is 21.6 Å². The molecule has 1 aliphatic heterocycles. The van der Waals surface area contributed by atoms with Crippen molar-refractivity contribution in [3.05, 3.63) is 62.5 Å². The van der Waals surface area contributed by atoms with Crippen molar-refractivity contribution < 1.29 is 8.78 Å². The van der Waals surface area contributed by atoms with Crippen LogP contribution in [0.5, 0.6) is 0 Å². The highest BCUT2D eigenvalue weighted by Crippen LogP contribution is 2.28. The van der Waals surface area contributed by atoms with Crippen molar-refractivity contribution in [3.63, 3.8) is 0 Å². The molecule has 3 aromatic heterocycles. The minimum Gasteiger partial charge on any atom is -0.353 e. The van der Waals surface area contributed by atoms with Crippen LogP contribution in [0.1, 0.15) is 6.42 Å². The molecule has 1 unspecified atom stereocenters. The van der Waals surface area contributed by atoms with Crippen LogP contribution in [0.4, 0.5) is 14.6 Å². The average Bonchev–Trinajstić information content (AvgIpc) is 3.29. The summed E-state index contributed by atoms with van der Waals surface area (Å²) in [7, 11) is 0. The molecule has 156 valence electrons. The Hall–Kier alpha value is -2.82. The first kappa shape index (κ1) is 20.5. The Morgan fingerprint density at radius 3 is 2.60 bits per heavy atom. The highest BCUT2D eigenvalue weighted by molar-refractivity contribution is 7.12. The second-order valence-electron chi connectivity index (χ2n) is 7.01. The molecule has 0 bridgehead atoms. The maximum absolute atomic E-state index is 14.9. The van der Waals surface area contributed by atoms with Crippen LogP contribution in [0.3, 0.4) is 0 Å². The molecule has 30 heavy (non-hydrogen) atoms. The molecule has 4 heterocycles. The number of fused-ring (bicyclic) bond motifs is 2. The number of anilines is 1. The van der Waals surface area contributed by atoms with Crippen molar-refractivity contribution >= 4 is 51.0 Å². The third-order valence-corrected chi connectivity index (χ3v) is 5.98. The lowest BCUT2D eigenvalue weighted by Gasteiger charge is -2.19. The molecule has 1 aromatic carbocycles. The number of nitrogens with two attached hydrogens (primary N) is 1. The van der Waals surface area contributed by atoms with E-state index in [4.69, 9.17) is 5.73 Å². The molecule has 1 fully saturated rings. The van der Waals surface area contributed by atoms with Crippen LogP contribution in [-0.2, 0) is 0 Å². The van der Waals surface area contributed by atoms with Crippen molar-refractivity contribution in [3.8, 4) is 5.69 Å². The average molecular weight is 452 g/mol. The number of rotatable bonds is 2. The van der Waals surface area contributed by atoms with Gasteiger partial charge >= 0.3 is 0 Å². The SMILES string of the molecule is Cl.NC1CCN(c2nc3c(cc2F)c(=O)c2c(=O)[nH]sc2n3-c2ccc(F)cc2)C1. The zero-order chi connectivity index (χ0) is 20.3. The van der Waals surface area contributed by atoms with Crippen LogP contribution in [0.15, 0.2) is 39.9 Å². The third kappa shape index (κ3) is 3.08. The molecule has 4 aromatic rings. The van der Waals surface area contributed by atoms with E-state index in [1.54, 1.807) is 9.47 Å². The Kier molecular flexibility index (Phi) is 5.08. The van der Waals surface area contributed by atoms with Gasteiger partial charge in [-0.1, -0.05) is 0 Å². The molecule has 0 radical (unpaired) electrons. The van der Waals surface area contributed by atoms with Crippen molar-refractivity contribution in [2.75, 3.05) is 18.0 Å². The van der Waals surface area contributed by atoms with Gasteiger partial charge in [0.2, 0.25) is 5.43 Å². The maximum Gasteiger partial charge on any atom is 0.271 e. The van der Waals surface area contributed by atoms with Gasteiger partial charge in [0.1, 0.15) is 16.0 Å². The predicted octanol–water partition coefficient (Wildman–Crippen LogP) is 2.53. The first-order chi connectivity index (χ1) is 13.9. The third-order valence-electron chi connectivity index (χ3n) is 5.11. The number of benzene rings is 1. The van der Waals surface area contributed by atoms with Crippen molar-refractivity contribution in [1.82, 2.24) is 13.9 Å². The summed E-state index contributed by atoms with van der Waals surface area (Å²) < 4.78 is 32.4. The van der Waals surface area contributed by atoms with E-state index in [0.717, 1.165) is 17.6 Å². The van der Waals surface area contributed by atoms with Crippen LogP contribution in [0.25, 0.3) is 26.9 Å². The van der Waals surface area contributed by atoms with E-state index < -0.39 is 22.6 Å². The molecule has 0 amide bonds. The quantitative estimate of drug-likeness (QED) is 0.488. The zero-order valence-electron chi connectivity index (χ0n) is 15.4. The number of halogens is 3. The molecule has 0 saturated carbocycles. The van der Waals surface area contributed by atoms with Gasteiger partial charge in [-0.3, -0.25) is 18.5 Å². The second kappa shape index (κ2) is 7.46. The Morgan fingerprint density at radius 1 is 1.20 bits per heavy atom. The molecule has 1 atom stereocenters. The van der Waals surface area contributed by atoms with E-state index in [1.807, 2.05) is 0 Å². The van der Waals surface area contributed by atoms with E-state index in [9.17, 15) is 18.4 Å². The van der Waals surface area contributed by atoms with Gasteiger partial charge in [-0.25, -0.2) is 13.8 Å². The highest BCUT2D eigenvalue weighted by Gasteiger charge is 2.26. The van der Waals surface area contributed by atoms with Crippen molar-refractivity contribution in [2.45, 2.75) is 12.5 Å². The number of nitrogens with zero attached hydrogens (tertiary/aromatic N) is 3. The van der Waals surface area contributed by atoms with Gasteiger partial charge in [-0.15, -0.1) is 12.4 Å². The zero-order valence-corrected chi connectivity index (χ0v) is 17.0. The van der Waals surface area contributed by atoms with E-state index in [2.05, 4.69) is 9.36 Å². The van der Waals surface area contributed by atoms with Gasteiger partial charge in [0, 0.05) is 24.8 Å². The Labute approximate surface area is 178 Å². The highest BCUT2D eigenvalue weighted by atomic mass is 35.5. The molecule has 1 aliphatic rings. The van der Waals surface area contributed by atoms with Crippen LogP contribution in [0, 0.1) is 11.6 Å². The monoisotopic (exact) mass is 451 g/mol. The van der Waals surface area contributed by atoms with Crippen molar-refractivity contribution in [2.24, 2.45) is 5.73 Å². The molecule has 5 rings (SSSR count). The van der Waals surface area contributed by atoms with Gasteiger partial charge < -0.3 is 10.6 Å². The van der Waals surface area contributed by atoms with Gasteiger partial charge in [0.05, 0.1) is 5.39 Å². The lowest BCUT2D eigenvalue weighted by Crippen LogP contribution is -2.28. The molecule has 11 heteroatoms. The fourth-order valence-electron chi connectivity index (χ4n) is 3.72. The summed E-state index contributed by atoms with van der Waals surface area (Å²) in [4.78, 5) is 31.7. The minimum absolute atomic E-state index is 0. The Bertz CT molecular complexity index is 1380. The summed E-state index contributed by atoms with van der Waals surface area (Å²) in [6.45, 7) is 1.01. The first-order valence-corrected chi connectivity index (χ1v) is 9.78. The summed E-state index contributed by atoms with van der Waals surface area (Å²) in [6, 6.07) is 6.59. The first-order valence-electron chi connectivity index (χ1n) is 8.97. The van der Waals surface area contributed by atoms with Crippen LogP contribution in [0.2, 0.25) is 0 Å². The standard InChI is InChI=1S/C19H15F2N5O2S.ClH/c20-9-1-3-11(4-2-9)26-16-12(15(27)14-18(28)24-29-19(14)26)7-13(21)17(23-16)25-6-5-10(22)8-25;/h1-4,7,10H,5-6,8,22H2,(H,24,28);1H. The molecule has 1 saturated heterocycles. The molecule has 0 aliphatic carbocycles. The lowest BCUT2D eigenvalue weighted by atomic mass is 10.2. The summed E-state index contributed by atoms with van der Waals surface area (Å²) in [5, 5.41) is -0.0977. The summed E-state index contributed by atoms with van der Waals surface area (Å²) in [5.41, 5.74) is 5.49. The minimum atomic E-state index is -0.652. The molecular formula is C19H16ClF2N5O2S. The number of nitrogens with one attached hydrogen (secondary N) is 1. The fraction of sp³-hybridized carbons (Fsp3) is 0.211. The molecular weight excluding hydrogens is 436 g/mol. The number of aromatic nitrogens is 3. The van der Waals surface area contributed by atoms with Gasteiger partial charge in [-0.2, -0.15) is 0 Å². The van der Waals surface area contributed by atoms with Gasteiger partial charge in [-0.05, 0) is 48.3 Å². The molecule has 3 N–H and O–H groups in total. The number of hydrogen-bond donors (Lipinski definition) is 2. The van der Waals surface area contributed by atoms with Gasteiger partial charge in [0.15, 0.2) is 17.3 Å². The number of H-pyrrole nitrogens is 1. The smallest absolute Gasteiger partial charge is 0.271 e. The topological polar surface area (TPSA) is 97.0 Å². The largest absolute Gasteiger partial charge is 0.353 e. The molecule has 7 nitrogen and oxygen atoms in total. The van der Waals surface area contributed by atoms with E-state index in [1.165, 1.54) is 24.3 Å². The lowest BCUT2D eigenvalue weighted by molar-refractivity contribution is 0.617. The number of hydrogen-bond acceptors (Lipinski definition) is 6. The summed E-state index contributed by atoms with van der Waals surface area (Å²) >= 11 is 0.976. The fourth-order valence-corrected chi connectivity index (χ4v) is 4.58. The van der Waals surface area contributed by atoms with Crippen molar-refractivity contribution in [1.29, 1.82) is 0 Å². The number of pyridine rings is 2. The van der Waals surface area contributed by atoms with E-state index in [0.29, 0.717) is 30.0 Å². The maximum atomic E-state index is 14.9. The second-order valence-corrected chi connectivity index (χ2v) is 7.81. The Balaban J connectivity index is 0.00000218. The van der Waals surface area contributed by atoms with Crippen LogP contribution >= 0.6 is 23.9 Å². The summed E-state index contributed by atoms with van der Waals surface area (Å²) in [6.07, 6.45) is 0.711.